The van der Waals surface area contributed by atoms with Gasteiger partial charge in [0.05, 0.1) is 33.4 Å². The highest BCUT2D eigenvalue weighted by Crippen LogP contribution is 2.38. The van der Waals surface area contributed by atoms with E-state index in [1.54, 1.807) is 0 Å². The standard InChI is InChI=1S/C29H60NO5P/c1-4-5-6-7-8-9-10-11-12-13-14-15-16-17-18-21-25-33-27-29(2)28-35-36(31,32)34-26-24-30(3)22-19-20-23-30/h29H,4-28H2,1-3H3/t29-/m1/s1. The van der Waals surface area contributed by atoms with Gasteiger partial charge in [-0.3, -0.25) is 4.57 Å². The Morgan fingerprint density at radius 1 is 0.722 bits per heavy atom. The summed E-state index contributed by atoms with van der Waals surface area (Å²) < 4.78 is 28.7. The predicted molar refractivity (Wildman–Crippen MR) is 149 cm³/mol. The van der Waals surface area contributed by atoms with Crippen LogP contribution in [0.15, 0.2) is 0 Å². The molecule has 1 heterocycles. The van der Waals surface area contributed by atoms with Crippen LogP contribution in [0.1, 0.15) is 129 Å². The molecule has 0 bridgehead atoms. The molecule has 216 valence electrons. The number of nitrogens with zero attached hydrogens (tertiary/aromatic N) is 1. The molecule has 0 aromatic heterocycles. The zero-order chi connectivity index (χ0) is 26.4. The van der Waals surface area contributed by atoms with Crippen molar-refractivity contribution >= 4 is 7.82 Å². The van der Waals surface area contributed by atoms with Crippen LogP contribution in [0.3, 0.4) is 0 Å². The van der Waals surface area contributed by atoms with Crippen LogP contribution in [0.2, 0.25) is 0 Å². The fraction of sp³-hybridized carbons (Fsp3) is 1.00. The lowest BCUT2D eigenvalue weighted by molar-refractivity contribution is -0.897. The monoisotopic (exact) mass is 533 g/mol. The molecular weight excluding hydrogens is 473 g/mol. The molecule has 1 aliphatic rings. The first-order valence-corrected chi connectivity index (χ1v) is 16.8. The summed E-state index contributed by atoms with van der Waals surface area (Å²) >= 11 is 0. The molecule has 1 rings (SSSR count). The summed E-state index contributed by atoms with van der Waals surface area (Å²) in [6.07, 6.45) is 24.2. The van der Waals surface area contributed by atoms with Gasteiger partial charge in [0.25, 0.3) is 7.82 Å². The molecule has 0 N–H and O–H groups in total. The van der Waals surface area contributed by atoms with Crippen molar-refractivity contribution in [3.63, 3.8) is 0 Å². The van der Waals surface area contributed by atoms with Crippen molar-refractivity contribution < 1.29 is 27.7 Å². The Hall–Kier alpha value is 0.0300. The molecule has 0 aromatic rings. The number of rotatable bonds is 26. The Morgan fingerprint density at radius 3 is 1.69 bits per heavy atom. The quantitative estimate of drug-likeness (QED) is 0.0649. The zero-order valence-electron chi connectivity index (χ0n) is 24.2. The Kier molecular flexibility index (Phi) is 20.7. The van der Waals surface area contributed by atoms with Crippen molar-refractivity contribution in [1.29, 1.82) is 0 Å². The number of hydrogen-bond donors (Lipinski definition) is 0. The minimum absolute atomic E-state index is 0.0278. The average molecular weight is 534 g/mol. The minimum Gasteiger partial charge on any atom is -0.756 e. The van der Waals surface area contributed by atoms with Gasteiger partial charge < -0.3 is 23.2 Å². The van der Waals surface area contributed by atoms with Crippen molar-refractivity contribution in [2.24, 2.45) is 5.92 Å². The molecule has 1 aliphatic heterocycles. The Bertz CT molecular complexity index is 542. The van der Waals surface area contributed by atoms with Crippen molar-refractivity contribution in [3.8, 4) is 0 Å². The molecule has 1 unspecified atom stereocenters. The Labute approximate surface area is 224 Å². The van der Waals surface area contributed by atoms with Crippen LogP contribution < -0.4 is 4.89 Å². The first-order valence-electron chi connectivity index (χ1n) is 15.4. The second-order valence-corrected chi connectivity index (χ2v) is 13.0. The first kappa shape index (κ1) is 34.1. The molecule has 0 aliphatic carbocycles. The molecule has 6 nitrogen and oxygen atoms in total. The van der Waals surface area contributed by atoms with Gasteiger partial charge in [-0.15, -0.1) is 0 Å². The molecule has 1 fully saturated rings. The average Bonchev–Trinajstić information content (AvgIpc) is 3.28. The van der Waals surface area contributed by atoms with E-state index in [4.69, 9.17) is 13.8 Å². The maximum Gasteiger partial charge on any atom is 0.268 e. The maximum absolute atomic E-state index is 12.0. The summed E-state index contributed by atoms with van der Waals surface area (Å²) in [5.74, 6) is 0.0278. The third-order valence-electron chi connectivity index (χ3n) is 7.59. The van der Waals surface area contributed by atoms with E-state index in [1.165, 1.54) is 109 Å². The van der Waals surface area contributed by atoms with E-state index in [0.29, 0.717) is 13.2 Å². The third kappa shape index (κ3) is 20.1. The van der Waals surface area contributed by atoms with Gasteiger partial charge in [-0.05, 0) is 6.42 Å². The van der Waals surface area contributed by atoms with Crippen LogP contribution in [-0.2, 0) is 18.3 Å². The van der Waals surface area contributed by atoms with E-state index in [9.17, 15) is 9.46 Å². The smallest absolute Gasteiger partial charge is 0.268 e. The fourth-order valence-corrected chi connectivity index (χ4v) is 5.85. The van der Waals surface area contributed by atoms with E-state index in [2.05, 4.69) is 14.0 Å². The van der Waals surface area contributed by atoms with Crippen LogP contribution in [0, 0.1) is 5.92 Å². The number of quaternary nitrogens is 1. The highest BCUT2D eigenvalue weighted by molar-refractivity contribution is 7.45. The second-order valence-electron chi connectivity index (χ2n) is 11.6. The van der Waals surface area contributed by atoms with Gasteiger partial charge in [-0.2, -0.15) is 0 Å². The van der Waals surface area contributed by atoms with Crippen molar-refractivity contribution in [1.82, 2.24) is 0 Å². The van der Waals surface area contributed by atoms with Crippen molar-refractivity contribution in [3.05, 3.63) is 0 Å². The number of hydrogen-bond acceptors (Lipinski definition) is 5. The maximum atomic E-state index is 12.0. The van der Waals surface area contributed by atoms with Crippen LogP contribution >= 0.6 is 7.82 Å². The van der Waals surface area contributed by atoms with E-state index >= 15 is 0 Å². The number of likely N-dealkylation sites (tertiary alicyclic amines) is 1. The fourth-order valence-electron chi connectivity index (χ4n) is 5.04. The van der Waals surface area contributed by atoms with Gasteiger partial charge in [0.2, 0.25) is 0 Å². The largest absolute Gasteiger partial charge is 0.756 e. The normalized spacial score (nSPS) is 17.9. The highest BCUT2D eigenvalue weighted by Gasteiger charge is 2.27. The van der Waals surface area contributed by atoms with Crippen LogP contribution in [-0.4, -0.2) is 57.6 Å². The van der Waals surface area contributed by atoms with Gasteiger partial charge in [-0.1, -0.05) is 110 Å². The van der Waals surface area contributed by atoms with Gasteiger partial charge >= 0.3 is 0 Å². The SMILES string of the molecule is CCCCCCCCCCCCCCCCCCOC[C@@H](C)COP(=O)([O-])OCC[N+]1(C)CCCC1. The lowest BCUT2D eigenvalue weighted by Crippen LogP contribution is -2.43. The number of phosphoric acid groups is 1. The summed E-state index contributed by atoms with van der Waals surface area (Å²) in [6.45, 7) is 8.72. The van der Waals surface area contributed by atoms with E-state index < -0.39 is 7.82 Å². The Balaban J connectivity index is 1.82. The zero-order valence-corrected chi connectivity index (χ0v) is 25.1. The van der Waals surface area contributed by atoms with Gasteiger partial charge in [0.1, 0.15) is 13.2 Å². The summed E-state index contributed by atoms with van der Waals surface area (Å²) in [4.78, 5) is 12.0. The van der Waals surface area contributed by atoms with Crippen LogP contribution in [0.5, 0.6) is 0 Å². The summed E-state index contributed by atoms with van der Waals surface area (Å²) in [7, 11) is -2.07. The van der Waals surface area contributed by atoms with Crippen LogP contribution in [0.4, 0.5) is 0 Å². The molecule has 0 amide bonds. The van der Waals surface area contributed by atoms with E-state index in [0.717, 1.165) is 30.6 Å². The molecule has 36 heavy (non-hydrogen) atoms. The summed E-state index contributed by atoms with van der Waals surface area (Å²) in [5, 5.41) is 0. The van der Waals surface area contributed by atoms with Gasteiger partial charge in [0.15, 0.2) is 0 Å². The summed E-state index contributed by atoms with van der Waals surface area (Å²) in [5.41, 5.74) is 0. The van der Waals surface area contributed by atoms with E-state index in [1.807, 2.05) is 6.92 Å². The predicted octanol–water partition coefficient (Wildman–Crippen LogP) is 7.64. The number of phosphoric ester groups is 1. The molecule has 0 saturated carbocycles. The number of unbranched alkanes of at least 4 members (excludes halogenated alkanes) is 15. The highest BCUT2D eigenvalue weighted by atomic mass is 31.2. The lowest BCUT2D eigenvalue weighted by Gasteiger charge is -2.31. The van der Waals surface area contributed by atoms with Crippen LogP contribution in [0.25, 0.3) is 0 Å². The molecule has 7 heteroatoms. The molecule has 0 aromatic carbocycles. The van der Waals surface area contributed by atoms with Crippen molar-refractivity contribution in [2.45, 2.75) is 129 Å². The molecular formula is C29H60NO5P. The Morgan fingerprint density at radius 2 is 1.19 bits per heavy atom. The summed E-state index contributed by atoms with van der Waals surface area (Å²) in [6, 6.07) is 0. The third-order valence-corrected chi connectivity index (χ3v) is 8.55. The number of ether oxygens (including phenoxy) is 1. The van der Waals surface area contributed by atoms with Crippen molar-refractivity contribution in [2.75, 3.05) is 53.1 Å². The molecule has 0 spiro atoms. The molecule has 2 atom stereocenters. The van der Waals surface area contributed by atoms with Gasteiger partial charge in [-0.25, -0.2) is 0 Å². The van der Waals surface area contributed by atoms with Gasteiger partial charge in [0, 0.05) is 25.4 Å². The lowest BCUT2D eigenvalue weighted by atomic mass is 10.0. The number of likely N-dealkylation sites (N-methyl/N-ethyl adjacent to an activating group) is 1. The second kappa shape index (κ2) is 21.9. The minimum atomic E-state index is -4.23. The molecule has 1 saturated heterocycles. The van der Waals surface area contributed by atoms with E-state index in [-0.39, 0.29) is 19.1 Å². The topological polar surface area (TPSA) is 67.8 Å². The first-order chi connectivity index (χ1) is 17.4. The molecule has 0 radical (unpaired) electrons.